The van der Waals surface area contributed by atoms with Gasteiger partial charge in [-0.3, -0.25) is 4.79 Å². The van der Waals surface area contributed by atoms with Crippen molar-refractivity contribution in [2.45, 2.75) is 57.2 Å². The van der Waals surface area contributed by atoms with Gasteiger partial charge in [0.15, 0.2) is 0 Å². The SMILES string of the molecule is CC(C)(C)CC(C)(C)NC(=O)c1ccccc1SCc1ccccc1. The molecule has 2 aromatic carbocycles. The molecule has 0 saturated heterocycles. The van der Waals surface area contributed by atoms with E-state index in [-0.39, 0.29) is 16.9 Å². The van der Waals surface area contributed by atoms with Crippen LogP contribution in [0, 0.1) is 5.41 Å². The summed E-state index contributed by atoms with van der Waals surface area (Å²) < 4.78 is 0. The van der Waals surface area contributed by atoms with Crippen molar-refractivity contribution in [2.24, 2.45) is 5.41 Å². The van der Waals surface area contributed by atoms with Crippen LogP contribution in [-0.4, -0.2) is 11.4 Å². The standard InChI is InChI=1S/C22H29NOS/c1-21(2,3)16-22(4,5)23-20(24)18-13-9-10-14-19(18)25-15-17-11-7-6-8-12-17/h6-14H,15-16H2,1-5H3,(H,23,24). The Labute approximate surface area is 156 Å². The van der Waals surface area contributed by atoms with Gasteiger partial charge in [0.1, 0.15) is 0 Å². The van der Waals surface area contributed by atoms with Crippen LogP contribution in [0.3, 0.4) is 0 Å². The lowest BCUT2D eigenvalue weighted by molar-refractivity contribution is 0.0888. The molecular formula is C22H29NOS. The quantitative estimate of drug-likeness (QED) is 0.651. The minimum absolute atomic E-state index is 0.00501. The van der Waals surface area contributed by atoms with E-state index >= 15 is 0 Å². The third-order valence-corrected chi connectivity index (χ3v) is 4.94. The van der Waals surface area contributed by atoms with Gasteiger partial charge in [-0.05, 0) is 43.4 Å². The van der Waals surface area contributed by atoms with Crippen molar-refractivity contribution in [3.8, 4) is 0 Å². The van der Waals surface area contributed by atoms with Crippen molar-refractivity contribution in [1.29, 1.82) is 0 Å². The van der Waals surface area contributed by atoms with E-state index in [0.717, 1.165) is 22.6 Å². The average Bonchev–Trinajstić information content (AvgIpc) is 2.51. The van der Waals surface area contributed by atoms with E-state index in [4.69, 9.17) is 0 Å². The fourth-order valence-corrected chi connectivity index (χ4v) is 4.27. The van der Waals surface area contributed by atoms with Gasteiger partial charge in [-0.15, -0.1) is 11.8 Å². The molecule has 0 heterocycles. The summed E-state index contributed by atoms with van der Waals surface area (Å²) in [5.41, 5.74) is 1.94. The monoisotopic (exact) mass is 355 g/mol. The summed E-state index contributed by atoms with van der Waals surface area (Å²) in [6.45, 7) is 10.8. The molecule has 134 valence electrons. The van der Waals surface area contributed by atoms with Crippen LogP contribution in [0.2, 0.25) is 0 Å². The molecule has 0 fully saturated rings. The summed E-state index contributed by atoms with van der Waals surface area (Å²) in [4.78, 5) is 13.9. The molecular weight excluding hydrogens is 326 g/mol. The predicted molar refractivity (Wildman–Crippen MR) is 108 cm³/mol. The number of carbonyl (C=O) groups is 1. The summed E-state index contributed by atoms with van der Waals surface area (Å²) >= 11 is 1.71. The van der Waals surface area contributed by atoms with Gasteiger partial charge in [0.2, 0.25) is 0 Å². The smallest absolute Gasteiger partial charge is 0.252 e. The van der Waals surface area contributed by atoms with Crippen LogP contribution < -0.4 is 5.32 Å². The highest BCUT2D eigenvalue weighted by Crippen LogP contribution is 2.29. The minimum atomic E-state index is -0.244. The molecule has 0 saturated carbocycles. The highest BCUT2D eigenvalue weighted by atomic mass is 32.2. The number of thioether (sulfide) groups is 1. The van der Waals surface area contributed by atoms with Crippen molar-refractivity contribution >= 4 is 17.7 Å². The number of benzene rings is 2. The predicted octanol–water partition coefficient (Wildman–Crippen LogP) is 5.92. The third kappa shape index (κ3) is 6.58. The maximum absolute atomic E-state index is 12.9. The van der Waals surface area contributed by atoms with Crippen LogP contribution >= 0.6 is 11.8 Å². The van der Waals surface area contributed by atoms with Crippen molar-refractivity contribution in [2.75, 3.05) is 0 Å². The van der Waals surface area contributed by atoms with Gasteiger partial charge < -0.3 is 5.32 Å². The van der Waals surface area contributed by atoms with E-state index in [0.29, 0.717) is 0 Å². The molecule has 0 aliphatic rings. The van der Waals surface area contributed by atoms with Gasteiger partial charge >= 0.3 is 0 Å². The zero-order valence-electron chi connectivity index (χ0n) is 15.9. The Morgan fingerprint density at radius 1 is 0.920 bits per heavy atom. The van der Waals surface area contributed by atoms with Crippen LogP contribution in [0.15, 0.2) is 59.5 Å². The van der Waals surface area contributed by atoms with Gasteiger partial charge in [0.25, 0.3) is 5.91 Å². The van der Waals surface area contributed by atoms with E-state index in [1.807, 2.05) is 42.5 Å². The van der Waals surface area contributed by atoms with Gasteiger partial charge in [-0.1, -0.05) is 63.2 Å². The first kappa shape index (κ1) is 19.6. The fourth-order valence-electron chi connectivity index (χ4n) is 3.26. The molecule has 2 nitrogen and oxygen atoms in total. The molecule has 0 aliphatic heterocycles. The Hall–Kier alpha value is -1.74. The highest BCUT2D eigenvalue weighted by molar-refractivity contribution is 7.98. The summed E-state index contributed by atoms with van der Waals surface area (Å²) in [6, 6.07) is 18.2. The summed E-state index contributed by atoms with van der Waals surface area (Å²) in [5, 5.41) is 3.22. The molecule has 25 heavy (non-hydrogen) atoms. The van der Waals surface area contributed by atoms with E-state index in [1.54, 1.807) is 11.8 Å². The lowest BCUT2D eigenvalue weighted by Gasteiger charge is -2.33. The molecule has 0 aliphatic carbocycles. The van der Waals surface area contributed by atoms with Gasteiger partial charge in [-0.2, -0.15) is 0 Å². The van der Waals surface area contributed by atoms with Crippen molar-refractivity contribution < 1.29 is 4.79 Å². The summed E-state index contributed by atoms with van der Waals surface area (Å²) in [7, 11) is 0. The molecule has 0 spiro atoms. The van der Waals surface area contributed by atoms with Crippen LogP contribution in [0.1, 0.15) is 57.0 Å². The number of carbonyl (C=O) groups excluding carboxylic acids is 1. The van der Waals surface area contributed by atoms with Gasteiger partial charge in [0, 0.05) is 16.2 Å². The summed E-state index contributed by atoms with van der Waals surface area (Å²) in [5.74, 6) is 0.863. The maximum Gasteiger partial charge on any atom is 0.252 e. The number of rotatable bonds is 6. The van der Waals surface area contributed by atoms with Gasteiger partial charge in [-0.25, -0.2) is 0 Å². The van der Waals surface area contributed by atoms with Crippen molar-refractivity contribution in [3.63, 3.8) is 0 Å². The molecule has 0 aromatic heterocycles. The molecule has 0 atom stereocenters. The van der Waals surface area contributed by atoms with Crippen molar-refractivity contribution in [1.82, 2.24) is 5.32 Å². The molecule has 0 bridgehead atoms. The minimum Gasteiger partial charge on any atom is -0.347 e. The molecule has 2 aromatic rings. The Bertz CT molecular complexity index is 701. The van der Waals surface area contributed by atoms with Crippen LogP contribution in [0.5, 0.6) is 0 Å². The van der Waals surface area contributed by atoms with Crippen LogP contribution in [0.25, 0.3) is 0 Å². The van der Waals surface area contributed by atoms with E-state index in [9.17, 15) is 4.79 Å². The van der Waals surface area contributed by atoms with Crippen LogP contribution in [-0.2, 0) is 5.75 Å². The average molecular weight is 356 g/mol. The first-order valence-corrected chi connectivity index (χ1v) is 9.73. The molecule has 3 heteroatoms. The first-order chi connectivity index (χ1) is 11.7. The van der Waals surface area contributed by atoms with Crippen LogP contribution in [0.4, 0.5) is 0 Å². The molecule has 2 rings (SSSR count). The second-order valence-corrected chi connectivity index (χ2v) is 9.36. The lowest BCUT2D eigenvalue weighted by Crippen LogP contribution is -2.45. The first-order valence-electron chi connectivity index (χ1n) is 8.75. The van der Waals surface area contributed by atoms with E-state index < -0.39 is 0 Å². The van der Waals surface area contributed by atoms with Crippen molar-refractivity contribution in [3.05, 3.63) is 65.7 Å². The maximum atomic E-state index is 12.9. The Kier molecular flexibility index (Phi) is 6.34. The lowest BCUT2D eigenvalue weighted by atomic mass is 9.81. The van der Waals surface area contributed by atoms with E-state index in [2.05, 4.69) is 52.1 Å². The number of nitrogens with one attached hydrogen (secondary N) is 1. The fraction of sp³-hybridized carbons (Fsp3) is 0.409. The number of hydrogen-bond donors (Lipinski definition) is 1. The van der Waals surface area contributed by atoms with Gasteiger partial charge in [0.05, 0.1) is 5.56 Å². The molecule has 0 radical (unpaired) electrons. The highest BCUT2D eigenvalue weighted by Gasteiger charge is 2.28. The third-order valence-electron chi connectivity index (χ3n) is 3.79. The Morgan fingerprint density at radius 2 is 1.52 bits per heavy atom. The number of hydrogen-bond acceptors (Lipinski definition) is 2. The topological polar surface area (TPSA) is 29.1 Å². The molecule has 1 N–H and O–H groups in total. The molecule has 0 unspecified atom stereocenters. The van der Waals surface area contributed by atoms with E-state index in [1.165, 1.54) is 5.56 Å². The second-order valence-electron chi connectivity index (χ2n) is 8.35. The Morgan fingerprint density at radius 3 is 2.16 bits per heavy atom. The summed E-state index contributed by atoms with van der Waals surface area (Å²) in [6.07, 6.45) is 0.922. The second kappa shape index (κ2) is 8.09. The normalized spacial score (nSPS) is 12.0. The largest absolute Gasteiger partial charge is 0.347 e. The molecule has 1 amide bonds. The zero-order valence-corrected chi connectivity index (χ0v) is 16.7. The number of amides is 1. The zero-order chi connectivity index (χ0) is 18.5. The Balaban J connectivity index is 2.09.